The van der Waals surface area contributed by atoms with Crippen LogP contribution in [-0.2, 0) is 5.41 Å². The molecular formula is C44H31N. The molecule has 0 amide bonds. The second kappa shape index (κ2) is 9.74. The topological polar surface area (TPSA) is 12.9 Å². The number of rotatable bonds is 3. The third kappa shape index (κ3) is 3.84. The highest BCUT2D eigenvalue weighted by Gasteiger charge is 2.35. The van der Waals surface area contributed by atoms with Gasteiger partial charge in [0.05, 0.1) is 5.52 Å². The van der Waals surface area contributed by atoms with Crippen LogP contribution >= 0.6 is 0 Å². The van der Waals surface area contributed by atoms with Crippen molar-refractivity contribution in [3.63, 3.8) is 0 Å². The van der Waals surface area contributed by atoms with Gasteiger partial charge in [0, 0.05) is 27.8 Å². The van der Waals surface area contributed by atoms with E-state index in [0.29, 0.717) is 0 Å². The normalized spacial score (nSPS) is 13.3. The standard InChI is InChI=1S/C44H31N/c1-44(2)38-18-10-8-14-32(38)33-25-24-31(26-39(33)44)28-20-22-30(23-21-28)41-34-15-6-7-16-35(34)42(29-12-4-3-5-13-29)43-36-17-9-11-19-40(36)45-27-37(41)43/h3-27H,1-2H3. The van der Waals surface area contributed by atoms with Crippen molar-refractivity contribution in [2.24, 2.45) is 0 Å². The van der Waals surface area contributed by atoms with Gasteiger partial charge in [-0.3, -0.25) is 4.98 Å². The fraction of sp³-hybridized carbons (Fsp3) is 0.0682. The van der Waals surface area contributed by atoms with Gasteiger partial charge in [0.2, 0.25) is 0 Å². The first-order valence-electron chi connectivity index (χ1n) is 15.7. The van der Waals surface area contributed by atoms with E-state index in [1.807, 2.05) is 0 Å². The van der Waals surface area contributed by atoms with Crippen LogP contribution in [0.15, 0.2) is 152 Å². The molecule has 1 aromatic heterocycles. The fourth-order valence-corrected chi connectivity index (χ4v) is 7.73. The molecule has 1 aliphatic carbocycles. The Kier molecular flexibility index (Phi) is 5.61. The molecule has 1 heterocycles. The molecule has 0 aliphatic heterocycles. The zero-order valence-corrected chi connectivity index (χ0v) is 25.4. The van der Waals surface area contributed by atoms with Gasteiger partial charge in [-0.15, -0.1) is 0 Å². The summed E-state index contributed by atoms with van der Waals surface area (Å²) in [5.74, 6) is 0. The zero-order chi connectivity index (χ0) is 30.1. The van der Waals surface area contributed by atoms with E-state index < -0.39 is 0 Å². The van der Waals surface area contributed by atoms with Gasteiger partial charge in [0.25, 0.3) is 0 Å². The predicted molar refractivity (Wildman–Crippen MR) is 191 cm³/mol. The fourth-order valence-electron chi connectivity index (χ4n) is 7.73. The van der Waals surface area contributed by atoms with Crippen molar-refractivity contribution >= 4 is 32.4 Å². The number of hydrogen-bond acceptors (Lipinski definition) is 1. The van der Waals surface area contributed by atoms with Gasteiger partial charge in [0.15, 0.2) is 0 Å². The summed E-state index contributed by atoms with van der Waals surface area (Å²) in [5.41, 5.74) is 13.9. The summed E-state index contributed by atoms with van der Waals surface area (Å²) in [6, 6.07) is 53.2. The third-order valence-corrected chi connectivity index (χ3v) is 9.91. The van der Waals surface area contributed by atoms with E-state index in [1.54, 1.807) is 0 Å². The average molecular weight is 574 g/mol. The SMILES string of the molecule is CC1(C)c2ccccc2-c2ccc(-c3ccc(-c4c5ccccc5c(-c5ccccc5)c5c4cnc4ccccc45)cc3)cc21. The largest absolute Gasteiger partial charge is 0.256 e. The van der Waals surface area contributed by atoms with Gasteiger partial charge < -0.3 is 0 Å². The van der Waals surface area contributed by atoms with Crippen LogP contribution in [0, 0.1) is 0 Å². The number of hydrogen-bond donors (Lipinski definition) is 0. The van der Waals surface area contributed by atoms with Crippen LogP contribution < -0.4 is 0 Å². The Morgan fingerprint density at radius 3 is 1.80 bits per heavy atom. The number of fused-ring (bicyclic) bond motifs is 7. The summed E-state index contributed by atoms with van der Waals surface area (Å²) in [7, 11) is 0. The van der Waals surface area contributed by atoms with E-state index in [0.717, 1.165) is 5.52 Å². The Labute approximate surface area is 263 Å². The van der Waals surface area contributed by atoms with Gasteiger partial charge >= 0.3 is 0 Å². The third-order valence-electron chi connectivity index (χ3n) is 9.91. The Balaban J connectivity index is 1.25. The lowest BCUT2D eigenvalue weighted by Crippen LogP contribution is -2.14. The molecule has 1 heteroatoms. The molecule has 0 saturated heterocycles. The highest BCUT2D eigenvalue weighted by atomic mass is 14.7. The molecule has 0 atom stereocenters. The lowest BCUT2D eigenvalue weighted by atomic mass is 9.81. The minimum atomic E-state index is -0.0179. The van der Waals surface area contributed by atoms with E-state index in [-0.39, 0.29) is 5.41 Å². The molecule has 45 heavy (non-hydrogen) atoms. The van der Waals surface area contributed by atoms with Gasteiger partial charge in [-0.1, -0.05) is 147 Å². The van der Waals surface area contributed by atoms with Crippen LogP contribution in [0.25, 0.3) is 77.0 Å². The maximum absolute atomic E-state index is 4.97. The Morgan fingerprint density at radius 1 is 0.422 bits per heavy atom. The second-order valence-electron chi connectivity index (χ2n) is 12.7. The van der Waals surface area contributed by atoms with Gasteiger partial charge in [0.1, 0.15) is 0 Å². The summed E-state index contributed by atoms with van der Waals surface area (Å²) in [6.45, 7) is 4.69. The molecule has 0 fully saturated rings. The molecule has 212 valence electrons. The van der Waals surface area contributed by atoms with Crippen molar-refractivity contribution in [1.29, 1.82) is 0 Å². The lowest BCUT2D eigenvalue weighted by molar-refractivity contribution is 0.660. The minimum Gasteiger partial charge on any atom is -0.256 e. The van der Waals surface area contributed by atoms with E-state index in [1.165, 1.54) is 82.6 Å². The maximum Gasteiger partial charge on any atom is 0.0708 e. The molecule has 9 rings (SSSR count). The van der Waals surface area contributed by atoms with Crippen LogP contribution in [0.3, 0.4) is 0 Å². The van der Waals surface area contributed by atoms with Gasteiger partial charge in [-0.05, 0) is 78.5 Å². The molecule has 8 aromatic rings. The monoisotopic (exact) mass is 573 g/mol. The molecule has 0 bridgehead atoms. The molecule has 0 saturated carbocycles. The summed E-state index contributed by atoms with van der Waals surface area (Å²) < 4.78 is 0. The number of pyridine rings is 1. The van der Waals surface area contributed by atoms with Gasteiger partial charge in [-0.2, -0.15) is 0 Å². The predicted octanol–water partition coefficient (Wildman–Crippen LogP) is 11.8. The van der Waals surface area contributed by atoms with Crippen molar-refractivity contribution in [2.75, 3.05) is 0 Å². The number of para-hydroxylation sites is 1. The van der Waals surface area contributed by atoms with E-state index in [4.69, 9.17) is 4.98 Å². The van der Waals surface area contributed by atoms with Gasteiger partial charge in [-0.25, -0.2) is 0 Å². The minimum absolute atomic E-state index is 0.0179. The molecule has 7 aromatic carbocycles. The van der Waals surface area contributed by atoms with Crippen LogP contribution in [0.1, 0.15) is 25.0 Å². The molecule has 0 spiro atoms. The quantitative estimate of drug-likeness (QED) is 0.151. The maximum atomic E-state index is 4.97. The first-order valence-corrected chi connectivity index (χ1v) is 15.7. The van der Waals surface area contributed by atoms with Crippen molar-refractivity contribution < 1.29 is 0 Å². The van der Waals surface area contributed by atoms with Crippen molar-refractivity contribution in [3.8, 4) is 44.5 Å². The number of benzene rings is 7. The summed E-state index contributed by atoms with van der Waals surface area (Å²) in [4.78, 5) is 4.97. The molecule has 0 unspecified atom stereocenters. The molecule has 1 aliphatic rings. The van der Waals surface area contributed by atoms with E-state index in [9.17, 15) is 0 Å². The highest BCUT2D eigenvalue weighted by Crippen LogP contribution is 2.50. The summed E-state index contributed by atoms with van der Waals surface area (Å²) in [5, 5.41) is 6.11. The van der Waals surface area contributed by atoms with E-state index in [2.05, 4.69) is 166 Å². The first kappa shape index (κ1) is 25.9. The second-order valence-corrected chi connectivity index (χ2v) is 12.7. The highest BCUT2D eigenvalue weighted by molar-refractivity contribution is 6.27. The number of aromatic nitrogens is 1. The molecule has 0 N–H and O–H groups in total. The number of nitrogens with zero attached hydrogens (tertiary/aromatic N) is 1. The van der Waals surface area contributed by atoms with E-state index >= 15 is 0 Å². The van der Waals surface area contributed by atoms with Crippen LogP contribution in [0.2, 0.25) is 0 Å². The molecule has 0 radical (unpaired) electrons. The Hall–Kier alpha value is -5.53. The van der Waals surface area contributed by atoms with Crippen molar-refractivity contribution in [2.45, 2.75) is 19.3 Å². The van der Waals surface area contributed by atoms with Crippen LogP contribution in [-0.4, -0.2) is 4.98 Å². The molecule has 1 nitrogen and oxygen atoms in total. The molecular weight excluding hydrogens is 542 g/mol. The summed E-state index contributed by atoms with van der Waals surface area (Å²) in [6.07, 6.45) is 2.08. The lowest BCUT2D eigenvalue weighted by Gasteiger charge is -2.22. The smallest absolute Gasteiger partial charge is 0.0708 e. The van der Waals surface area contributed by atoms with Crippen LogP contribution in [0.4, 0.5) is 0 Å². The first-order chi connectivity index (χ1) is 22.1. The van der Waals surface area contributed by atoms with Crippen molar-refractivity contribution in [3.05, 3.63) is 163 Å². The average Bonchev–Trinajstić information content (AvgIpc) is 3.33. The zero-order valence-electron chi connectivity index (χ0n) is 25.4. The Bertz CT molecular complexity index is 2430. The van der Waals surface area contributed by atoms with Crippen LogP contribution in [0.5, 0.6) is 0 Å². The van der Waals surface area contributed by atoms with Crippen molar-refractivity contribution in [1.82, 2.24) is 4.98 Å². The Morgan fingerprint density at radius 2 is 1.00 bits per heavy atom. The summed E-state index contributed by atoms with van der Waals surface area (Å²) >= 11 is 0.